The Morgan fingerprint density at radius 3 is 2.92 bits per heavy atom. The zero-order chi connectivity index (χ0) is 16.5. The van der Waals surface area contributed by atoms with Crippen LogP contribution in [-0.2, 0) is 0 Å². The van der Waals surface area contributed by atoms with Crippen LogP contribution in [-0.4, -0.2) is 41.5 Å². The molecule has 0 spiro atoms. The number of amides is 1. The van der Waals surface area contributed by atoms with Crippen molar-refractivity contribution in [2.24, 2.45) is 5.92 Å². The van der Waals surface area contributed by atoms with Crippen molar-refractivity contribution in [3.05, 3.63) is 40.5 Å². The minimum Gasteiger partial charge on any atom is -0.346 e. The number of aromatic nitrogens is 1. The molecule has 3 fully saturated rings. The van der Waals surface area contributed by atoms with Crippen molar-refractivity contribution in [3.63, 3.8) is 0 Å². The Bertz CT molecular complexity index is 743. The van der Waals surface area contributed by atoms with Crippen LogP contribution < -0.4 is 5.32 Å². The van der Waals surface area contributed by atoms with Crippen molar-refractivity contribution in [1.29, 1.82) is 0 Å². The first-order valence-electron chi connectivity index (χ1n) is 8.10. The van der Waals surface area contributed by atoms with E-state index in [0.29, 0.717) is 15.9 Å². The Balaban J connectivity index is 1.40. The molecule has 0 saturated carbocycles. The number of fused-ring (bicyclic) bond motifs is 3. The van der Waals surface area contributed by atoms with Crippen molar-refractivity contribution < 1.29 is 4.79 Å². The van der Waals surface area contributed by atoms with E-state index in [1.54, 1.807) is 18.0 Å². The Morgan fingerprint density at radius 1 is 1.38 bits per heavy atom. The summed E-state index contributed by atoms with van der Waals surface area (Å²) in [4.78, 5) is 20.3. The number of rotatable bonds is 4. The summed E-state index contributed by atoms with van der Waals surface area (Å²) in [5.41, 5.74) is 0. The van der Waals surface area contributed by atoms with Gasteiger partial charge >= 0.3 is 0 Å². The van der Waals surface area contributed by atoms with Crippen LogP contribution in [0.4, 0.5) is 0 Å². The van der Waals surface area contributed by atoms with Gasteiger partial charge in [-0.1, -0.05) is 29.4 Å². The summed E-state index contributed by atoms with van der Waals surface area (Å²) in [5.74, 6) is 0.580. The van der Waals surface area contributed by atoms with Gasteiger partial charge in [-0.2, -0.15) is 0 Å². The summed E-state index contributed by atoms with van der Waals surface area (Å²) < 4.78 is 0.997. The third-order valence-electron chi connectivity index (χ3n) is 4.67. The van der Waals surface area contributed by atoms with Gasteiger partial charge in [-0.3, -0.25) is 4.79 Å². The second-order valence-electron chi connectivity index (χ2n) is 6.26. The lowest BCUT2D eigenvalue weighted by atomic mass is 9.84. The molecule has 3 aliphatic rings. The van der Waals surface area contributed by atoms with Gasteiger partial charge in [-0.05, 0) is 50.0 Å². The highest BCUT2D eigenvalue weighted by Crippen LogP contribution is 2.33. The predicted octanol–water partition coefficient (Wildman–Crippen LogP) is 3.77. The van der Waals surface area contributed by atoms with Crippen molar-refractivity contribution >= 4 is 40.6 Å². The van der Waals surface area contributed by atoms with Crippen LogP contribution in [0.3, 0.4) is 0 Å². The van der Waals surface area contributed by atoms with Crippen molar-refractivity contribution in [3.8, 4) is 0 Å². The smallest absolute Gasteiger partial charge is 0.280 e. The SMILES string of the molecule is O=C(N[C@H]1CN2CCC1CC2)c1ncc(Sc2cccc(Cl)c2)s1. The number of carbonyl (C=O) groups excluding carboxylic acids is 1. The fourth-order valence-corrected chi connectivity index (χ4v) is 5.59. The number of nitrogens with zero attached hydrogens (tertiary/aromatic N) is 2. The number of carbonyl (C=O) groups is 1. The number of thiazole rings is 1. The van der Waals surface area contributed by atoms with Gasteiger partial charge in [0, 0.05) is 22.5 Å². The van der Waals surface area contributed by atoms with Crippen LogP contribution in [0.5, 0.6) is 0 Å². The van der Waals surface area contributed by atoms with Crippen LogP contribution in [0.1, 0.15) is 22.6 Å². The van der Waals surface area contributed by atoms with Gasteiger partial charge in [-0.25, -0.2) is 4.98 Å². The highest BCUT2D eigenvalue weighted by molar-refractivity contribution is 8.01. The Kier molecular flexibility index (Phi) is 4.81. The maximum Gasteiger partial charge on any atom is 0.280 e. The van der Waals surface area contributed by atoms with E-state index in [2.05, 4.69) is 15.2 Å². The molecular formula is C17H18ClN3OS2. The zero-order valence-corrected chi connectivity index (χ0v) is 15.5. The van der Waals surface area contributed by atoms with Gasteiger partial charge in [0.15, 0.2) is 5.01 Å². The molecule has 1 amide bonds. The summed E-state index contributed by atoms with van der Waals surface area (Å²) >= 11 is 9.03. The fraction of sp³-hybridized carbons (Fsp3) is 0.412. The second-order valence-corrected chi connectivity index (χ2v) is 9.10. The Morgan fingerprint density at radius 2 is 2.21 bits per heavy atom. The molecule has 0 aliphatic carbocycles. The molecule has 5 rings (SSSR count). The van der Waals surface area contributed by atoms with E-state index in [1.807, 2.05) is 24.3 Å². The summed E-state index contributed by atoms with van der Waals surface area (Å²) in [6.45, 7) is 3.33. The molecule has 4 nitrogen and oxygen atoms in total. The van der Waals surface area contributed by atoms with Gasteiger partial charge in [0.05, 0.1) is 10.4 Å². The predicted molar refractivity (Wildman–Crippen MR) is 98.1 cm³/mol. The summed E-state index contributed by atoms with van der Waals surface area (Å²) in [7, 11) is 0. The van der Waals surface area contributed by atoms with Gasteiger partial charge < -0.3 is 10.2 Å². The number of hydrogen-bond acceptors (Lipinski definition) is 5. The largest absolute Gasteiger partial charge is 0.346 e. The third kappa shape index (κ3) is 3.61. The van der Waals surface area contributed by atoms with E-state index in [9.17, 15) is 4.79 Å². The molecule has 0 unspecified atom stereocenters. The van der Waals surface area contributed by atoms with Gasteiger partial charge in [-0.15, -0.1) is 11.3 Å². The first kappa shape index (κ1) is 16.4. The maximum absolute atomic E-state index is 12.5. The Labute approximate surface area is 154 Å². The average Bonchev–Trinajstić information content (AvgIpc) is 3.05. The van der Waals surface area contributed by atoms with Crippen LogP contribution in [0.15, 0.2) is 39.6 Å². The lowest BCUT2D eigenvalue weighted by Crippen LogP contribution is -2.57. The summed E-state index contributed by atoms with van der Waals surface area (Å²) in [5, 5.41) is 4.44. The van der Waals surface area contributed by atoms with Crippen molar-refractivity contribution in [2.45, 2.75) is 28.0 Å². The minimum atomic E-state index is -0.0447. The third-order valence-corrected chi connectivity index (χ3v) is 6.99. The molecule has 3 aliphatic heterocycles. The van der Waals surface area contributed by atoms with Crippen LogP contribution in [0.25, 0.3) is 0 Å². The summed E-state index contributed by atoms with van der Waals surface area (Å²) in [6.07, 6.45) is 4.15. The molecule has 7 heteroatoms. The molecule has 3 saturated heterocycles. The van der Waals surface area contributed by atoms with E-state index < -0.39 is 0 Å². The highest BCUT2D eigenvalue weighted by Gasteiger charge is 2.35. The van der Waals surface area contributed by atoms with Gasteiger partial charge in [0.2, 0.25) is 0 Å². The van der Waals surface area contributed by atoms with Crippen molar-refractivity contribution in [2.75, 3.05) is 19.6 Å². The van der Waals surface area contributed by atoms with Crippen LogP contribution >= 0.6 is 34.7 Å². The Hall–Kier alpha value is -1.08. The van der Waals surface area contributed by atoms with E-state index in [4.69, 9.17) is 11.6 Å². The minimum absolute atomic E-state index is 0.0447. The summed E-state index contributed by atoms with van der Waals surface area (Å²) in [6, 6.07) is 7.97. The molecule has 1 aromatic heterocycles. The molecule has 0 radical (unpaired) electrons. The van der Waals surface area contributed by atoms with Crippen LogP contribution in [0.2, 0.25) is 5.02 Å². The monoisotopic (exact) mass is 379 g/mol. The lowest BCUT2D eigenvalue weighted by Gasteiger charge is -2.44. The van der Waals surface area contributed by atoms with E-state index in [-0.39, 0.29) is 11.9 Å². The number of benzene rings is 1. The molecule has 1 atom stereocenters. The first-order chi connectivity index (χ1) is 11.7. The fourth-order valence-electron chi connectivity index (χ4n) is 3.42. The molecule has 2 bridgehead atoms. The number of nitrogens with one attached hydrogen (secondary N) is 1. The first-order valence-corrected chi connectivity index (χ1v) is 10.1. The molecule has 1 N–H and O–H groups in total. The van der Waals surface area contributed by atoms with Gasteiger partial charge in [0.1, 0.15) is 0 Å². The van der Waals surface area contributed by atoms with Crippen LogP contribution in [0, 0.1) is 5.92 Å². The average molecular weight is 380 g/mol. The molecule has 1 aromatic carbocycles. The number of halogens is 1. The number of hydrogen-bond donors (Lipinski definition) is 1. The normalized spacial score (nSPS) is 25.6. The quantitative estimate of drug-likeness (QED) is 0.878. The van der Waals surface area contributed by atoms with E-state index >= 15 is 0 Å². The molecule has 4 heterocycles. The maximum atomic E-state index is 12.5. The van der Waals surface area contributed by atoms with Crippen molar-refractivity contribution in [1.82, 2.24) is 15.2 Å². The van der Waals surface area contributed by atoms with E-state index in [1.165, 1.54) is 37.3 Å². The number of piperidine rings is 3. The molecule has 2 aromatic rings. The highest BCUT2D eigenvalue weighted by atomic mass is 35.5. The van der Waals surface area contributed by atoms with E-state index in [0.717, 1.165) is 15.6 Å². The topological polar surface area (TPSA) is 45.2 Å². The standard InChI is InChI=1S/C17H18ClN3OS2/c18-12-2-1-3-13(8-12)23-15-9-19-17(24-15)16(22)20-14-10-21-6-4-11(14)5-7-21/h1-3,8-9,11,14H,4-7,10H2,(H,20,22)/t14-/m0/s1. The molecule has 24 heavy (non-hydrogen) atoms. The molecular weight excluding hydrogens is 362 g/mol. The van der Waals surface area contributed by atoms with Gasteiger partial charge in [0.25, 0.3) is 5.91 Å². The zero-order valence-electron chi connectivity index (χ0n) is 13.1. The lowest BCUT2D eigenvalue weighted by molar-refractivity contribution is 0.0620. The molecule has 126 valence electrons. The second kappa shape index (κ2) is 7.04.